The maximum Gasteiger partial charge on any atom is 0.261 e. The van der Waals surface area contributed by atoms with Crippen LogP contribution in [0.5, 0.6) is 0 Å². The van der Waals surface area contributed by atoms with Gasteiger partial charge in [-0.15, -0.1) is 11.3 Å². The number of aliphatic hydroxyl groups is 1. The second kappa shape index (κ2) is 8.82. The minimum absolute atomic E-state index is 0.108. The summed E-state index contributed by atoms with van der Waals surface area (Å²) in [5.41, 5.74) is 3.86. The first kappa shape index (κ1) is 21.8. The number of fused-ring (bicyclic) bond motifs is 2. The Morgan fingerprint density at radius 3 is 2.94 bits per heavy atom. The average Bonchev–Trinajstić information content (AvgIpc) is 3.60. The van der Waals surface area contributed by atoms with E-state index < -0.39 is 0 Å². The number of nitrogens with zero attached hydrogens (tertiary/aromatic N) is 4. The highest BCUT2D eigenvalue weighted by Gasteiger charge is 2.28. The van der Waals surface area contributed by atoms with E-state index in [1.807, 2.05) is 6.33 Å². The van der Waals surface area contributed by atoms with Crippen molar-refractivity contribution in [2.24, 2.45) is 11.8 Å². The van der Waals surface area contributed by atoms with E-state index in [9.17, 15) is 9.90 Å². The summed E-state index contributed by atoms with van der Waals surface area (Å²) in [6.45, 7) is 4.10. The molecule has 7 nitrogen and oxygen atoms in total. The highest BCUT2D eigenvalue weighted by atomic mass is 32.1. The van der Waals surface area contributed by atoms with Gasteiger partial charge in [0, 0.05) is 31.7 Å². The molecule has 1 aliphatic heterocycles. The van der Waals surface area contributed by atoms with Gasteiger partial charge in [0.15, 0.2) is 0 Å². The van der Waals surface area contributed by atoms with E-state index in [1.54, 1.807) is 11.3 Å². The van der Waals surface area contributed by atoms with Crippen molar-refractivity contribution in [3.8, 4) is 10.4 Å². The molecule has 1 saturated carbocycles. The topological polar surface area (TPSA) is 87.0 Å². The van der Waals surface area contributed by atoms with E-state index >= 15 is 0 Å². The Morgan fingerprint density at radius 2 is 2.12 bits per heavy atom. The summed E-state index contributed by atoms with van der Waals surface area (Å²) in [5.74, 6) is 1.07. The van der Waals surface area contributed by atoms with Crippen LogP contribution in [-0.4, -0.2) is 44.3 Å². The number of imidazole rings is 1. The smallest absolute Gasteiger partial charge is 0.261 e. The van der Waals surface area contributed by atoms with E-state index in [1.165, 1.54) is 43.9 Å². The molecule has 8 heteroatoms. The molecule has 2 aliphatic rings. The summed E-state index contributed by atoms with van der Waals surface area (Å²) >= 11 is 1.62. The molecule has 4 aromatic rings. The number of rotatable bonds is 5. The fourth-order valence-electron chi connectivity index (χ4n) is 5.90. The van der Waals surface area contributed by atoms with Gasteiger partial charge in [-0.25, -0.2) is 9.97 Å². The fraction of sp³-hybridized carbons (Fsp3) is 0.500. The van der Waals surface area contributed by atoms with Gasteiger partial charge in [0.1, 0.15) is 10.4 Å². The summed E-state index contributed by atoms with van der Waals surface area (Å²) in [5, 5.41) is 11.2. The second-order valence-corrected chi connectivity index (χ2v) is 10.9. The van der Waals surface area contributed by atoms with E-state index in [0.29, 0.717) is 11.4 Å². The second-order valence-electron chi connectivity index (χ2n) is 9.92. The van der Waals surface area contributed by atoms with Crippen LogP contribution in [0.15, 0.2) is 35.6 Å². The van der Waals surface area contributed by atoms with Crippen molar-refractivity contribution in [1.82, 2.24) is 19.5 Å². The van der Waals surface area contributed by atoms with Gasteiger partial charge in [0.2, 0.25) is 0 Å². The molecule has 34 heavy (non-hydrogen) atoms. The number of aliphatic hydroxyl groups excluding tert-OH is 1. The zero-order valence-corrected chi connectivity index (χ0v) is 20.4. The molecule has 178 valence electrons. The molecule has 6 rings (SSSR count). The van der Waals surface area contributed by atoms with Gasteiger partial charge in [0.25, 0.3) is 5.56 Å². The van der Waals surface area contributed by atoms with Crippen molar-refractivity contribution in [3.63, 3.8) is 0 Å². The summed E-state index contributed by atoms with van der Waals surface area (Å²) in [4.78, 5) is 28.2. The van der Waals surface area contributed by atoms with Crippen LogP contribution in [0.3, 0.4) is 0 Å². The molecule has 2 N–H and O–H groups in total. The number of aromatic nitrogens is 4. The van der Waals surface area contributed by atoms with Crippen LogP contribution in [0, 0.1) is 11.8 Å². The largest absolute Gasteiger partial charge is 0.396 e. The summed E-state index contributed by atoms with van der Waals surface area (Å²) in [6.07, 6.45) is 10.8. The Balaban J connectivity index is 1.40. The van der Waals surface area contributed by atoms with Gasteiger partial charge in [-0.1, -0.05) is 32.3 Å². The zero-order valence-electron chi connectivity index (χ0n) is 19.5. The van der Waals surface area contributed by atoms with Crippen LogP contribution < -0.4 is 10.5 Å². The first-order valence-corrected chi connectivity index (χ1v) is 13.3. The number of hydrogen-bond donors (Lipinski definition) is 2. The Kier molecular flexibility index (Phi) is 5.65. The quantitative estimate of drug-likeness (QED) is 0.424. The van der Waals surface area contributed by atoms with Crippen molar-refractivity contribution < 1.29 is 5.11 Å². The molecular weight excluding hydrogens is 446 g/mol. The minimum atomic E-state index is -0.108. The van der Waals surface area contributed by atoms with Crippen molar-refractivity contribution >= 4 is 38.3 Å². The van der Waals surface area contributed by atoms with Crippen molar-refractivity contribution in [3.05, 3.63) is 41.2 Å². The molecule has 0 bridgehead atoms. The van der Waals surface area contributed by atoms with Gasteiger partial charge >= 0.3 is 0 Å². The molecule has 2 unspecified atom stereocenters. The lowest BCUT2D eigenvalue weighted by molar-refractivity contribution is 0.239. The number of aromatic amines is 1. The van der Waals surface area contributed by atoms with Crippen LogP contribution in [0.1, 0.15) is 51.5 Å². The zero-order chi connectivity index (χ0) is 23.2. The molecule has 1 aromatic carbocycles. The standard InChI is InChI=1S/C26H31N5O2S/c1-2-16-4-3-5-19(10-16)31-15-29-20-11-18(6-7-21(20)31)24-23-22(25(33)28-14-27-23)26(34-24)30-9-8-17(12-30)13-32/h6-7,11,14-17,19,32H,2-5,8-10,12-13H2,1H3,(H,27,28,33)/t16?,17-,19?/m0/s1. The van der Waals surface area contributed by atoms with Crippen LogP contribution in [0.25, 0.3) is 32.4 Å². The van der Waals surface area contributed by atoms with E-state index in [2.05, 4.69) is 44.6 Å². The lowest BCUT2D eigenvalue weighted by Gasteiger charge is -2.29. The molecule has 3 atom stereocenters. The third-order valence-electron chi connectivity index (χ3n) is 7.87. The van der Waals surface area contributed by atoms with Crippen LogP contribution in [-0.2, 0) is 0 Å². The monoisotopic (exact) mass is 477 g/mol. The molecule has 3 aromatic heterocycles. The lowest BCUT2D eigenvalue weighted by Crippen LogP contribution is -2.21. The number of nitrogens with one attached hydrogen (secondary N) is 1. The first-order valence-electron chi connectivity index (χ1n) is 12.5. The third kappa shape index (κ3) is 3.64. The summed E-state index contributed by atoms with van der Waals surface area (Å²) < 4.78 is 2.38. The summed E-state index contributed by atoms with van der Waals surface area (Å²) in [7, 11) is 0. The molecule has 2 fully saturated rings. The highest BCUT2D eigenvalue weighted by Crippen LogP contribution is 2.44. The Labute approximate surface area is 202 Å². The molecule has 0 radical (unpaired) electrons. The Bertz CT molecular complexity index is 1390. The van der Waals surface area contributed by atoms with Gasteiger partial charge in [-0.05, 0) is 42.9 Å². The molecule has 0 amide bonds. The number of thiophene rings is 1. The van der Waals surface area contributed by atoms with Crippen molar-refractivity contribution in [2.45, 2.75) is 51.5 Å². The lowest BCUT2D eigenvalue weighted by atomic mass is 9.84. The number of H-pyrrole nitrogens is 1. The van der Waals surface area contributed by atoms with Gasteiger partial charge in [-0.3, -0.25) is 4.79 Å². The van der Waals surface area contributed by atoms with Gasteiger partial charge < -0.3 is 19.6 Å². The van der Waals surface area contributed by atoms with Crippen molar-refractivity contribution in [1.29, 1.82) is 0 Å². The normalized spacial score (nSPS) is 23.4. The van der Waals surface area contributed by atoms with Gasteiger partial charge in [0.05, 0.1) is 34.1 Å². The Morgan fingerprint density at radius 1 is 1.21 bits per heavy atom. The third-order valence-corrected chi connectivity index (χ3v) is 9.16. The van der Waals surface area contributed by atoms with Gasteiger partial charge in [-0.2, -0.15) is 0 Å². The number of benzene rings is 1. The van der Waals surface area contributed by atoms with Crippen LogP contribution >= 0.6 is 11.3 Å². The predicted octanol–water partition coefficient (Wildman–Crippen LogP) is 4.96. The van der Waals surface area contributed by atoms with E-state index in [4.69, 9.17) is 4.98 Å². The first-order chi connectivity index (χ1) is 16.7. The molecule has 1 saturated heterocycles. The average molecular weight is 478 g/mol. The molecular formula is C26H31N5O2S. The van der Waals surface area contributed by atoms with E-state index in [0.717, 1.165) is 51.9 Å². The molecule has 0 spiro atoms. The van der Waals surface area contributed by atoms with Crippen molar-refractivity contribution in [2.75, 3.05) is 24.6 Å². The molecule has 1 aliphatic carbocycles. The fourth-order valence-corrected chi connectivity index (χ4v) is 7.18. The van der Waals surface area contributed by atoms with E-state index in [-0.39, 0.29) is 18.1 Å². The molecule has 4 heterocycles. The van der Waals surface area contributed by atoms with Crippen LogP contribution in [0.2, 0.25) is 0 Å². The highest BCUT2D eigenvalue weighted by molar-refractivity contribution is 7.21. The number of anilines is 1. The SMILES string of the molecule is CCC1CCCC(n2cnc3cc(-c4sc(N5CC[C@H](CO)C5)c5c(=O)[nH]cnc45)ccc32)C1. The minimum Gasteiger partial charge on any atom is -0.396 e. The maximum atomic E-state index is 12.8. The van der Waals surface area contributed by atoms with Crippen LogP contribution in [0.4, 0.5) is 5.00 Å². The maximum absolute atomic E-state index is 12.8. The Hall–Kier alpha value is -2.71. The predicted molar refractivity (Wildman–Crippen MR) is 138 cm³/mol. The number of hydrogen-bond acceptors (Lipinski definition) is 6. The summed E-state index contributed by atoms with van der Waals surface area (Å²) in [6, 6.07) is 7.01.